The molecule has 2 rings (SSSR count). The Kier molecular flexibility index (Phi) is 7.09. The van der Waals surface area contributed by atoms with Crippen LogP contribution in [-0.4, -0.2) is 19.2 Å². The molecule has 0 aliphatic rings. The number of carbonyl (C=O) groups excluding carboxylic acids is 1. The van der Waals surface area contributed by atoms with Crippen LogP contribution in [0, 0.1) is 6.92 Å². The number of carbonyl (C=O) groups is 1. The number of hydrogen-bond donors (Lipinski definition) is 0. The number of rotatable bonds is 9. The van der Waals surface area contributed by atoms with E-state index in [0.717, 1.165) is 25.0 Å². The predicted octanol–water partition coefficient (Wildman–Crippen LogP) is 4.94. The lowest BCUT2D eigenvalue weighted by Crippen LogP contribution is -2.03. The van der Waals surface area contributed by atoms with Crippen LogP contribution in [0.25, 0.3) is 11.1 Å². The molecule has 0 aliphatic heterocycles. The van der Waals surface area contributed by atoms with Crippen molar-refractivity contribution in [2.45, 2.75) is 26.2 Å². The molecule has 0 bridgehead atoms. The van der Waals surface area contributed by atoms with Gasteiger partial charge < -0.3 is 9.47 Å². The average Bonchev–Trinajstić information content (AvgIpc) is 2.62. The van der Waals surface area contributed by atoms with Crippen molar-refractivity contribution in [2.75, 3.05) is 13.2 Å². The monoisotopic (exact) mass is 324 g/mol. The van der Waals surface area contributed by atoms with Crippen molar-refractivity contribution in [3.63, 3.8) is 0 Å². The van der Waals surface area contributed by atoms with Crippen LogP contribution in [0.15, 0.2) is 61.2 Å². The van der Waals surface area contributed by atoms with E-state index in [1.807, 2.05) is 12.1 Å². The molecule has 24 heavy (non-hydrogen) atoms. The maximum absolute atomic E-state index is 10.9. The van der Waals surface area contributed by atoms with Crippen molar-refractivity contribution in [1.29, 1.82) is 0 Å². The fourth-order valence-corrected chi connectivity index (χ4v) is 2.29. The minimum atomic E-state index is -0.361. The topological polar surface area (TPSA) is 35.5 Å². The molecular weight excluding hydrogens is 300 g/mol. The molecule has 0 fully saturated rings. The Morgan fingerprint density at radius 2 is 1.50 bits per heavy atom. The van der Waals surface area contributed by atoms with Crippen LogP contribution in [0.3, 0.4) is 0 Å². The normalized spacial score (nSPS) is 10.2. The van der Waals surface area contributed by atoms with Gasteiger partial charge in [0.1, 0.15) is 5.75 Å². The first-order valence-corrected chi connectivity index (χ1v) is 8.28. The van der Waals surface area contributed by atoms with Crippen LogP contribution in [0.5, 0.6) is 5.75 Å². The quantitative estimate of drug-likeness (QED) is 0.372. The van der Waals surface area contributed by atoms with Gasteiger partial charge in [-0.2, -0.15) is 0 Å². The molecule has 126 valence electrons. The summed E-state index contributed by atoms with van der Waals surface area (Å²) >= 11 is 0. The minimum Gasteiger partial charge on any atom is -0.494 e. The summed E-state index contributed by atoms with van der Waals surface area (Å²) in [5.41, 5.74) is 3.66. The molecule has 0 saturated carbocycles. The van der Waals surface area contributed by atoms with Gasteiger partial charge in [0, 0.05) is 6.08 Å². The maximum atomic E-state index is 10.9. The minimum absolute atomic E-state index is 0.361. The molecule has 0 unspecified atom stereocenters. The van der Waals surface area contributed by atoms with E-state index >= 15 is 0 Å². The van der Waals surface area contributed by atoms with Gasteiger partial charge in [-0.1, -0.05) is 48.5 Å². The molecule has 0 saturated heterocycles. The molecule has 0 heterocycles. The van der Waals surface area contributed by atoms with E-state index in [0.29, 0.717) is 13.2 Å². The Hall–Kier alpha value is -2.55. The van der Waals surface area contributed by atoms with Crippen molar-refractivity contribution >= 4 is 5.97 Å². The van der Waals surface area contributed by atoms with Gasteiger partial charge in [-0.3, -0.25) is 0 Å². The Morgan fingerprint density at radius 3 is 2.12 bits per heavy atom. The number of hydrogen-bond acceptors (Lipinski definition) is 3. The lowest BCUT2D eigenvalue weighted by molar-refractivity contribution is -0.137. The summed E-state index contributed by atoms with van der Waals surface area (Å²) in [6, 6.07) is 16.7. The van der Waals surface area contributed by atoms with Crippen LogP contribution in [0.1, 0.15) is 24.8 Å². The molecule has 2 aromatic rings. The predicted molar refractivity (Wildman–Crippen MR) is 97.1 cm³/mol. The molecule has 0 radical (unpaired) electrons. The van der Waals surface area contributed by atoms with Gasteiger partial charge >= 0.3 is 5.97 Å². The SMILES string of the molecule is C=CC(=O)OCCCCCOc1ccc(-c2ccc(C)cc2)cc1. The summed E-state index contributed by atoms with van der Waals surface area (Å²) in [7, 11) is 0. The lowest BCUT2D eigenvalue weighted by atomic mass is 10.0. The van der Waals surface area contributed by atoms with Crippen LogP contribution in [-0.2, 0) is 9.53 Å². The van der Waals surface area contributed by atoms with E-state index in [-0.39, 0.29) is 5.97 Å². The molecule has 0 aliphatic carbocycles. The van der Waals surface area contributed by atoms with Crippen LogP contribution in [0.4, 0.5) is 0 Å². The first-order valence-electron chi connectivity index (χ1n) is 8.28. The molecule has 0 spiro atoms. The third-order valence-electron chi connectivity index (χ3n) is 3.71. The molecule has 0 atom stereocenters. The zero-order chi connectivity index (χ0) is 17.2. The van der Waals surface area contributed by atoms with Crippen LogP contribution < -0.4 is 4.74 Å². The highest BCUT2D eigenvalue weighted by atomic mass is 16.5. The van der Waals surface area contributed by atoms with Crippen molar-refractivity contribution in [3.05, 3.63) is 66.7 Å². The Labute approximate surface area is 143 Å². The van der Waals surface area contributed by atoms with E-state index in [1.165, 1.54) is 22.8 Å². The van der Waals surface area contributed by atoms with Gasteiger partial charge in [-0.25, -0.2) is 4.79 Å². The van der Waals surface area contributed by atoms with Gasteiger partial charge in [0.2, 0.25) is 0 Å². The first-order chi connectivity index (χ1) is 11.7. The van der Waals surface area contributed by atoms with Crippen molar-refractivity contribution in [1.82, 2.24) is 0 Å². The number of benzene rings is 2. The molecule has 0 N–H and O–H groups in total. The molecule has 0 amide bonds. The first kappa shape index (κ1) is 17.8. The zero-order valence-electron chi connectivity index (χ0n) is 14.2. The highest BCUT2D eigenvalue weighted by Gasteiger charge is 1.99. The fourth-order valence-electron chi connectivity index (χ4n) is 2.29. The summed E-state index contributed by atoms with van der Waals surface area (Å²) in [6.07, 6.45) is 3.93. The van der Waals surface area contributed by atoms with E-state index in [2.05, 4.69) is 49.9 Å². The van der Waals surface area contributed by atoms with Gasteiger partial charge in [-0.15, -0.1) is 0 Å². The van der Waals surface area contributed by atoms with Crippen molar-refractivity contribution in [2.24, 2.45) is 0 Å². The smallest absolute Gasteiger partial charge is 0.330 e. The molecule has 0 aromatic heterocycles. The highest BCUT2D eigenvalue weighted by Crippen LogP contribution is 2.22. The Balaban J connectivity index is 1.68. The Morgan fingerprint density at radius 1 is 0.917 bits per heavy atom. The third-order valence-corrected chi connectivity index (χ3v) is 3.71. The van der Waals surface area contributed by atoms with E-state index in [4.69, 9.17) is 9.47 Å². The van der Waals surface area contributed by atoms with E-state index in [9.17, 15) is 4.79 Å². The van der Waals surface area contributed by atoms with Crippen molar-refractivity contribution in [3.8, 4) is 16.9 Å². The van der Waals surface area contributed by atoms with Crippen LogP contribution in [0.2, 0.25) is 0 Å². The number of esters is 1. The van der Waals surface area contributed by atoms with Gasteiger partial charge in [0.25, 0.3) is 0 Å². The summed E-state index contributed by atoms with van der Waals surface area (Å²) < 4.78 is 10.7. The molecule has 3 nitrogen and oxygen atoms in total. The Bertz CT molecular complexity index is 642. The maximum Gasteiger partial charge on any atom is 0.330 e. The second-order valence-electron chi connectivity index (χ2n) is 5.67. The van der Waals surface area contributed by atoms with Gasteiger partial charge in [0.05, 0.1) is 13.2 Å². The zero-order valence-corrected chi connectivity index (χ0v) is 14.2. The summed E-state index contributed by atoms with van der Waals surface area (Å²) in [4.78, 5) is 10.9. The van der Waals surface area contributed by atoms with E-state index < -0.39 is 0 Å². The molecular formula is C21H24O3. The van der Waals surface area contributed by atoms with Gasteiger partial charge in [0.15, 0.2) is 0 Å². The van der Waals surface area contributed by atoms with Crippen molar-refractivity contribution < 1.29 is 14.3 Å². The fraction of sp³-hybridized carbons (Fsp3) is 0.286. The second-order valence-corrected chi connectivity index (χ2v) is 5.67. The molecule has 3 heteroatoms. The standard InChI is InChI=1S/C21H24O3/c1-3-21(22)24-16-6-4-5-15-23-20-13-11-19(12-14-20)18-9-7-17(2)8-10-18/h3,7-14H,1,4-6,15-16H2,2H3. The van der Waals surface area contributed by atoms with E-state index in [1.54, 1.807) is 0 Å². The number of ether oxygens (including phenoxy) is 2. The summed E-state index contributed by atoms with van der Waals surface area (Å²) in [5, 5.41) is 0. The lowest BCUT2D eigenvalue weighted by Gasteiger charge is -2.08. The average molecular weight is 324 g/mol. The molecule has 2 aromatic carbocycles. The largest absolute Gasteiger partial charge is 0.494 e. The highest BCUT2D eigenvalue weighted by molar-refractivity contribution is 5.81. The number of aryl methyl sites for hydroxylation is 1. The second kappa shape index (κ2) is 9.56. The van der Waals surface area contributed by atoms with Gasteiger partial charge in [-0.05, 0) is 49.4 Å². The third kappa shape index (κ3) is 5.92. The van der Waals surface area contributed by atoms with Crippen LogP contribution >= 0.6 is 0 Å². The summed E-state index contributed by atoms with van der Waals surface area (Å²) in [5.74, 6) is 0.517. The number of unbranched alkanes of at least 4 members (excludes halogenated alkanes) is 2. The summed E-state index contributed by atoms with van der Waals surface area (Å²) in [6.45, 7) is 6.55.